The van der Waals surface area contributed by atoms with E-state index in [2.05, 4.69) is 32.8 Å². The van der Waals surface area contributed by atoms with Crippen molar-refractivity contribution in [1.82, 2.24) is 9.78 Å². The topological polar surface area (TPSA) is 38.0 Å². The second-order valence-corrected chi connectivity index (χ2v) is 5.11. The molecule has 0 aliphatic rings. The first-order valence-electron chi connectivity index (χ1n) is 5.64. The van der Waals surface area contributed by atoms with Crippen LogP contribution in [0.15, 0.2) is 0 Å². The number of hydrogen-bond donors (Lipinski definition) is 1. The molecule has 0 atom stereocenters. The molecule has 0 aliphatic carbocycles. The molecule has 0 bridgehead atoms. The van der Waals surface area contributed by atoms with E-state index in [9.17, 15) is 5.11 Å². The van der Waals surface area contributed by atoms with E-state index in [4.69, 9.17) is 0 Å². The highest BCUT2D eigenvalue weighted by Gasteiger charge is 2.25. The van der Waals surface area contributed by atoms with Gasteiger partial charge in [0.2, 0.25) is 5.88 Å². The standard InChI is InChI=1S/C12H22N2O/c1-6-7-8-14-11(15)10(9(2)13-14)12(3,4)5/h15H,6-8H2,1-5H3. The van der Waals surface area contributed by atoms with Crippen molar-refractivity contribution < 1.29 is 5.11 Å². The lowest BCUT2D eigenvalue weighted by Crippen LogP contribution is -2.12. The fourth-order valence-electron chi connectivity index (χ4n) is 1.91. The Kier molecular flexibility index (Phi) is 3.42. The number of aryl methyl sites for hydroxylation is 2. The quantitative estimate of drug-likeness (QED) is 0.832. The summed E-state index contributed by atoms with van der Waals surface area (Å²) in [5.74, 6) is 0.341. The summed E-state index contributed by atoms with van der Waals surface area (Å²) in [6, 6.07) is 0. The Morgan fingerprint density at radius 2 is 1.93 bits per heavy atom. The SMILES string of the molecule is CCCCn1nc(C)c(C(C)(C)C)c1O. The number of unbranched alkanes of at least 4 members (excludes halogenated alkanes) is 1. The molecule has 0 fully saturated rings. The molecule has 0 aliphatic heterocycles. The number of aromatic nitrogens is 2. The molecule has 3 nitrogen and oxygen atoms in total. The van der Waals surface area contributed by atoms with Crippen molar-refractivity contribution >= 4 is 0 Å². The monoisotopic (exact) mass is 210 g/mol. The Balaban J connectivity index is 3.04. The lowest BCUT2D eigenvalue weighted by Gasteiger charge is -2.17. The van der Waals surface area contributed by atoms with Crippen LogP contribution in [0, 0.1) is 6.92 Å². The van der Waals surface area contributed by atoms with Gasteiger partial charge in [-0.05, 0) is 18.8 Å². The van der Waals surface area contributed by atoms with Crippen molar-refractivity contribution in [3.8, 4) is 5.88 Å². The van der Waals surface area contributed by atoms with Gasteiger partial charge in [0.05, 0.1) is 5.69 Å². The molecule has 0 amide bonds. The molecule has 0 unspecified atom stereocenters. The van der Waals surface area contributed by atoms with Crippen molar-refractivity contribution in [2.24, 2.45) is 0 Å². The van der Waals surface area contributed by atoms with Crippen LogP contribution in [0.1, 0.15) is 51.8 Å². The molecule has 86 valence electrons. The van der Waals surface area contributed by atoms with Crippen molar-refractivity contribution in [3.05, 3.63) is 11.3 Å². The maximum atomic E-state index is 10.1. The molecule has 1 heterocycles. The first-order chi connectivity index (χ1) is 6.88. The molecule has 1 aromatic heterocycles. The van der Waals surface area contributed by atoms with Gasteiger partial charge in [-0.2, -0.15) is 5.10 Å². The molecule has 1 N–H and O–H groups in total. The molecular formula is C12H22N2O. The van der Waals surface area contributed by atoms with E-state index < -0.39 is 0 Å². The van der Waals surface area contributed by atoms with Gasteiger partial charge in [-0.25, -0.2) is 4.68 Å². The lowest BCUT2D eigenvalue weighted by molar-refractivity contribution is 0.380. The largest absolute Gasteiger partial charge is 0.493 e. The summed E-state index contributed by atoms with van der Waals surface area (Å²) < 4.78 is 1.72. The summed E-state index contributed by atoms with van der Waals surface area (Å²) in [6.07, 6.45) is 2.17. The summed E-state index contributed by atoms with van der Waals surface area (Å²) in [4.78, 5) is 0. The van der Waals surface area contributed by atoms with E-state index in [1.54, 1.807) is 4.68 Å². The second kappa shape index (κ2) is 4.25. The number of nitrogens with zero attached hydrogens (tertiary/aromatic N) is 2. The van der Waals surface area contributed by atoms with Gasteiger partial charge >= 0.3 is 0 Å². The van der Waals surface area contributed by atoms with Crippen molar-refractivity contribution in [3.63, 3.8) is 0 Å². The van der Waals surface area contributed by atoms with Gasteiger partial charge in [0, 0.05) is 12.1 Å². The van der Waals surface area contributed by atoms with E-state index in [0.29, 0.717) is 5.88 Å². The van der Waals surface area contributed by atoms with E-state index in [1.165, 1.54) is 0 Å². The second-order valence-electron chi connectivity index (χ2n) is 5.11. The summed E-state index contributed by atoms with van der Waals surface area (Å²) >= 11 is 0. The maximum absolute atomic E-state index is 10.1. The van der Waals surface area contributed by atoms with Crippen LogP contribution in [0.3, 0.4) is 0 Å². The molecule has 3 heteroatoms. The average molecular weight is 210 g/mol. The Morgan fingerprint density at radius 3 is 2.33 bits per heavy atom. The summed E-state index contributed by atoms with van der Waals surface area (Å²) in [5, 5.41) is 14.5. The average Bonchev–Trinajstić information content (AvgIpc) is 2.36. The minimum atomic E-state index is -0.0430. The van der Waals surface area contributed by atoms with Crippen LogP contribution < -0.4 is 0 Å². The van der Waals surface area contributed by atoms with Gasteiger partial charge in [-0.1, -0.05) is 34.1 Å². The first-order valence-corrected chi connectivity index (χ1v) is 5.64. The van der Waals surface area contributed by atoms with Crippen LogP contribution in [0.2, 0.25) is 0 Å². The van der Waals surface area contributed by atoms with Gasteiger partial charge in [-0.15, -0.1) is 0 Å². The number of hydrogen-bond acceptors (Lipinski definition) is 2. The van der Waals surface area contributed by atoms with Gasteiger partial charge in [0.1, 0.15) is 0 Å². The fourth-order valence-corrected chi connectivity index (χ4v) is 1.91. The minimum Gasteiger partial charge on any atom is -0.493 e. The highest BCUT2D eigenvalue weighted by atomic mass is 16.3. The van der Waals surface area contributed by atoms with Crippen LogP contribution in [0.4, 0.5) is 0 Å². The number of rotatable bonds is 3. The Hall–Kier alpha value is -0.990. The third-order valence-electron chi connectivity index (χ3n) is 2.57. The van der Waals surface area contributed by atoms with E-state index in [-0.39, 0.29) is 5.41 Å². The number of aromatic hydroxyl groups is 1. The molecule has 0 saturated heterocycles. The molecule has 0 aromatic carbocycles. The molecule has 0 spiro atoms. The summed E-state index contributed by atoms with van der Waals surface area (Å²) in [5.41, 5.74) is 1.87. The Labute approximate surface area is 92.1 Å². The Morgan fingerprint density at radius 1 is 1.33 bits per heavy atom. The van der Waals surface area contributed by atoms with Crippen molar-refractivity contribution in [2.75, 3.05) is 0 Å². The first kappa shape index (κ1) is 12.1. The van der Waals surface area contributed by atoms with Crippen molar-refractivity contribution in [1.29, 1.82) is 0 Å². The molecule has 0 radical (unpaired) electrons. The summed E-state index contributed by atoms with van der Waals surface area (Å²) in [7, 11) is 0. The van der Waals surface area contributed by atoms with Gasteiger partial charge < -0.3 is 5.11 Å². The normalized spacial score (nSPS) is 12.1. The zero-order valence-electron chi connectivity index (χ0n) is 10.5. The highest BCUT2D eigenvalue weighted by molar-refractivity contribution is 5.36. The predicted octanol–water partition coefficient (Wildman–Crippen LogP) is 2.99. The summed E-state index contributed by atoms with van der Waals surface area (Å²) in [6.45, 7) is 11.2. The molecule has 1 rings (SSSR count). The van der Waals surface area contributed by atoms with Crippen LogP contribution in [0.25, 0.3) is 0 Å². The van der Waals surface area contributed by atoms with Gasteiger partial charge in [-0.3, -0.25) is 0 Å². The third-order valence-corrected chi connectivity index (χ3v) is 2.57. The molecule has 0 saturated carbocycles. The van der Waals surface area contributed by atoms with Gasteiger partial charge in [0.15, 0.2) is 0 Å². The van der Waals surface area contributed by atoms with E-state index >= 15 is 0 Å². The van der Waals surface area contributed by atoms with Crippen LogP contribution in [-0.2, 0) is 12.0 Å². The molecule has 1 aromatic rings. The van der Waals surface area contributed by atoms with Crippen molar-refractivity contribution in [2.45, 2.75) is 59.4 Å². The Bertz CT molecular complexity index is 334. The lowest BCUT2D eigenvalue weighted by atomic mass is 9.87. The zero-order valence-corrected chi connectivity index (χ0v) is 10.5. The van der Waals surface area contributed by atoms with Crippen LogP contribution in [-0.4, -0.2) is 14.9 Å². The maximum Gasteiger partial charge on any atom is 0.213 e. The third kappa shape index (κ3) is 2.52. The predicted molar refractivity (Wildman–Crippen MR) is 62.2 cm³/mol. The highest BCUT2D eigenvalue weighted by Crippen LogP contribution is 2.33. The van der Waals surface area contributed by atoms with Crippen LogP contribution in [0.5, 0.6) is 5.88 Å². The smallest absolute Gasteiger partial charge is 0.213 e. The molecular weight excluding hydrogens is 188 g/mol. The van der Waals surface area contributed by atoms with E-state index in [1.807, 2.05) is 6.92 Å². The van der Waals surface area contributed by atoms with Gasteiger partial charge in [0.25, 0.3) is 0 Å². The minimum absolute atomic E-state index is 0.0430. The zero-order chi connectivity index (χ0) is 11.6. The molecule has 15 heavy (non-hydrogen) atoms. The van der Waals surface area contributed by atoms with E-state index in [0.717, 1.165) is 30.6 Å². The van der Waals surface area contributed by atoms with Crippen LogP contribution >= 0.6 is 0 Å². The fraction of sp³-hybridized carbons (Fsp3) is 0.750.